The molecule has 0 spiro atoms. The van der Waals surface area contributed by atoms with Crippen LogP contribution >= 0.6 is 11.3 Å². The summed E-state index contributed by atoms with van der Waals surface area (Å²) in [4.78, 5) is 30.1. The van der Waals surface area contributed by atoms with Crippen LogP contribution in [0.1, 0.15) is 31.4 Å². The van der Waals surface area contributed by atoms with Crippen LogP contribution < -0.4 is 5.32 Å². The van der Waals surface area contributed by atoms with Gasteiger partial charge in [-0.3, -0.25) is 9.59 Å². The van der Waals surface area contributed by atoms with Crippen molar-refractivity contribution in [2.45, 2.75) is 38.6 Å². The number of likely N-dealkylation sites (tertiary alicyclic amines) is 1. The van der Waals surface area contributed by atoms with E-state index in [-0.39, 0.29) is 17.7 Å². The molecule has 6 heteroatoms. The Hall–Kier alpha value is -1.43. The molecule has 1 N–H and O–H groups in total. The summed E-state index contributed by atoms with van der Waals surface area (Å²) in [6, 6.07) is 0.382. The lowest BCUT2D eigenvalue weighted by atomic mass is 9.92. The normalized spacial score (nSPS) is 23.5. The number of anilines is 1. The van der Waals surface area contributed by atoms with Gasteiger partial charge in [-0.25, -0.2) is 4.98 Å². The van der Waals surface area contributed by atoms with E-state index in [4.69, 9.17) is 0 Å². The van der Waals surface area contributed by atoms with Gasteiger partial charge in [-0.1, -0.05) is 0 Å². The maximum atomic E-state index is 12.1. The molecular formula is C13H17N3O2S. The molecule has 0 bridgehead atoms. The number of nitrogens with one attached hydrogen (secondary N) is 1. The Balaban J connectivity index is 1.60. The average Bonchev–Trinajstić information content (AvgIpc) is 2.85. The highest BCUT2D eigenvalue weighted by Gasteiger charge is 2.39. The van der Waals surface area contributed by atoms with Gasteiger partial charge in [0.25, 0.3) is 0 Å². The fraction of sp³-hybridized carbons (Fsp3) is 0.615. The Morgan fingerprint density at radius 3 is 2.89 bits per heavy atom. The molecule has 1 aliphatic carbocycles. The number of aryl methyl sites for hydroxylation is 1. The molecule has 5 nitrogen and oxygen atoms in total. The highest BCUT2D eigenvalue weighted by molar-refractivity contribution is 7.13. The van der Waals surface area contributed by atoms with E-state index in [1.807, 2.05) is 17.2 Å². The number of amides is 2. The van der Waals surface area contributed by atoms with Gasteiger partial charge >= 0.3 is 0 Å². The fourth-order valence-electron chi connectivity index (χ4n) is 2.58. The van der Waals surface area contributed by atoms with Gasteiger partial charge in [0.15, 0.2) is 5.13 Å². The second-order valence-corrected chi connectivity index (χ2v) is 6.17. The van der Waals surface area contributed by atoms with Crippen molar-refractivity contribution >= 4 is 28.3 Å². The zero-order valence-electron chi connectivity index (χ0n) is 10.9. The van der Waals surface area contributed by atoms with Crippen LogP contribution in [0.25, 0.3) is 0 Å². The number of carbonyl (C=O) groups excluding carboxylic acids is 2. The van der Waals surface area contributed by atoms with E-state index in [0.717, 1.165) is 18.5 Å². The van der Waals surface area contributed by atoms with E-state index < -0.39 is 0 Å². The Kier molecular flexibility index (Phi) is 3.26. The van der Waals surface area contributed by atoms with Crippen molar-refractivity contribution < 1.29 is 9.59 Å². The van der Waals surface area contributed by atoms with Gasteiger partial charge in [0.1, 0.15) is 0 Å². The first kappa shape index (κ1) is 12.6. The smallest absolute Gasteiger partial charge is 0.231 e. The summed E-state index contributed by atoms with van der Waals surface area (Å²) in [5, 5.41) is 5.33. The summed E-state index contributed by atoms with van der Waals surface area (Å²) in [7, 11) is 0. The lowest BCUT2D eigenvalue weighted by Crippen LogP contribution is -2.41. The van der Waals surface area contributed by atoms with Crippen LogP contribution in [0.3, 0.4) is 0 Å². The number of hydrogen-bond donors (Lipinski definition) is 1. The van der Waals surface area contributed by atoms with E-state index in [1.54, 1.807) is 0 Å². The fourth-order valence-corrected chi connectivity index (χ4v) is 3.27. The third-order valence-corrected chi connectivity index (χ3v) is 4.77. The van der Waals surface area contributed by atoms with Gasteiger partial charge < -0.3 is 10.2 Å². The zero-order chi connectivity index (χ0) is 13.4. The van der Waals surface area contributed by atoms with Crippen molar-refractivity contribution in [3.05, 3.63) is 11.1 Å². The Morgan fingerprint density at radius 2 is 2.32 bits per heavy atom. The minimum atomic E-state index is -0.225. The SMILES string of the molecule is Cc1csc(NC(=O)C2CC(=O)N(C3CCC3)C2)n1. The molecule has 1 aromatic heterocycles. The molecule has 1 aromatic rings. The number of hydrogen-bond acceptors (Lipinski definition) is 4. The Morgan fingerprint density at radius 1 is 1.53 bits per heavy atom. The lowest BCUT2D eigenvalue weighted by Gasteiger charge is -2.34. The highest BCUT2D eigenvalue weighted by atomic mass is 32.1. The molecule has 3 rings (SSSR count). The third-order valence-electron chi connectivity index (χ3n) is 3.89. The summed E-state index contributed by atoms with van der Waals surface area (Å²) in [5.74, 6) is -0.179. The van der Waals surface area contributed by atoms with Crippen molar-refractivity contribution in [3.63, 3.8) is 0 Å². The quantitative estimate of drug-likeness (QED) is 0.917. The molecule has 1 aliphatic heterocycles. The number of nitrogens with zero attached hydrogens (tertiary/aromatic N) is 2. The first-order valence-electron chi connectivity index (χ1n) is 6.66. The maximum Gasteiger partial charge on any atom is 0.231 e. The van der Waals surface area contributed by atoms with Gasteiger partial charge in [-0.2, -0.15) is 0 Å². The summed E-state index contributed by atoms with van der Waals surface area (Å²) < 4.78 is 0. The van der Waals surface area contributed by atoms with Crippen LogP contribution in [0.4, 0.5) is 5.13 Å². The summed E-state index contributed by atoms with van der Waals surface area (Å²) in [6.45, 7) is 2.46. The summed E-state index contributed by atoms with van der Waals surface area (Å²) in [6.07, 6.45) is 3.72. The lowest BCUT2D eigenvalue weighted by molar-refractivity contribution is -0.131. The average molecular weight is 279 g/mol. The van der Waals surface area contributed by atoms with Gasteiger partial charge in [-0.05, 0) is 26.2 Å². The molecule has 1 unspecified atom stereocenters. The summed E-state index contributed by atoms with van der Waals surface area (Å²) >= 11 is 1.42. The van der Waals surface area contributed by atoms with Crippen LogP contribution in [-0.4, -0.2) is 34.3 Å². The monoisotopic (exact) mass is 279 g/mol. The van der Waals surface area contributed by atoms with Crippen molar-refractivity contribution in [2.24, 2.45) is 5.92 Å². The second kappa shape index (κ2) is 4.92. The molecule has 1 atom stereocenters. The van der Waals surface area contributed by atoms with E-state index >= 15 is 0 Å². The number of rotatable bonds is 3. The topological polar surface area (TPSA) is 62.3 Å². The first-order valence-corrected chi connectivity index (χ1v) is 7.54. The van der Waals surface area contributed by atoms with Gasteiger partial charge in [0, 0.05) is 24.4 Å². The van der Waals surface area contributed by atoms with E-state index in [1.165, 1.54) is 17.8 Å². The third kappa shape index (κ3) is 2.49. The molecule has 1 saturated carbocycles. The molecule has 0 radical (unpaired) electrons. The van der Waals surface area contributed by atoms with Crippen molar-refractivity contribution in [3.8, 4) is 0 Å². The van der Waals surface area contributed by atoms with Crippen LogP contribution in [0.2, 0.25) is 0 Å². The van der Waals surface area contributed by atoms with Crippen molar-refractivity contribution in [1.82, 2.24) is 9.88 Å². The maximum absolute atomic E-state index is 12.1. The minimum absolute atomic E-state index is 0.0791. The predicted octanol–water partition coefficient (Wildman–Crippen LogP) is 1.79. The molecule has 102 valence electrons. The van der Waals surface area contributed by atoms with Crippen molar-refractivity contribution in [2.75, 3.05) is 11.9 Å². The Bertz CT molecular complexity index is 510. The molecular weight excluding hydrogens is 262 g/mol. The molecule has 2 heterocycles. The van der Waals surface area contributed by atoms with Crippen LogP contribution in [-0.2, 0) is 9.59 Å². The highest BCUT2D eigenvalue weighted by Crippen LogP contribution is 2.31. The van der Waals surface area contributed by atoms with Crippen LogP contribution in [0, 0.1) is 12.8 Å². The Labute approximate surface area is 116 Å². The predicted molar refractivity (Wildman–Crippen MR) is 72.9 cm³/mol. The van der Waals surface area contributed by atoms with Gasteiger partial charge in [-0.15, -0.1) is 11.3 Å². The van der Waals surface area contributed by atoms with Crippen LogP contribution in [0.15, 0.2) is 5.38 Å². The molecule has 19 heavy (non-hydrogen) atoms. The minimum Gasteiger partial charge on any atom is -0.339 e. The van der Waals surface area contributed by atoms with E-state index in [9.17, 15) is 9.59 Å². The summed E-state index contributed by atoms with van der Waals surface area (Å²) in [5.41, 5.74) is 0.902. The number of carbonyl (C=O) groups is 2. The van der Waals surface area contributed by atoms with Crippen LogP contribution in [0.5, 0.6) is 0 Å². The van der Waals surface area contributed by atoms with E-state index in [2.05, 4.69) is 10.3 Å². The molecule has 2 fully saturated rings. The van der Waals surface area contributed by atoms with Crippen molar-refractivity contribution in [1.29, 1.82) is 0 Å². The zero-order valence-corrected chi connectivity index (χ0v) is 11.7. The number of thiazole rings is 1. The molecule has 0 aromatic carbocycles. The largest absolute Gasteiger partial charge is 0.339 e. The van der Waals surface area contributed by atoms with E-state index in [0.29, 0.717) is 24.1 Å². The first-order chi connectivity index (χ1) is 9.13. The van der Waals surface area contributed by atoms with Gasteiger partial charge in [0.2, 0.25) is 11.8 Å². The molecule has 2 amide bonds. The standard InChI is InChI=1S/C13H17N3O2S/c1-8-7-19-13(14-8)15-12(18)9-5-11(17)16(6-9)10-3-2-4-10/h7,9-10H,2-6H2,1H3,(H,14,15,18). The molecule has 1 saturated heterocycles. The van der Waals surface area contributed by atoms with Gasteiger partial charge in [0.05, 0.1) is 11.6 Å². The molecule has 2 aliphatic rings. The number of aromatic nitrogens is 1. The second-order valence-electron chi connectivity index (χ2n) is 5.32.